The minimum atomic E-state index is -0.0833. The molecule has 0 bridgehead atoms. The molecule has 0 atom stereocenters. The molecule has 1 aliphatic carbocycles. The molecular formula is C16H17N3O. The second-order valence-corrected chi connectivity index (χ2v) is 5.27. The van der Waals surface area contributed by atoms with Crippen molar-refractivity contribution in [1.82, 2.24) is 10.3 Å². The topological polar surface area (TPSA) is 68.0 Å². The summed E-state index contributed by atoms with van der Waals surface area (Å²) in [6.07, 6.45) is 1.78. The maximum Gasteiger partial charge on any atom is 0.251 e. The van der Waals surface area contributed by atoms with Crippen LogP contribution in [0.3, 0.4) is 0 Å². The van der Waals surface area contributed by atoms with Gasteiger partial charge in [0.05, 0.1) is 0 Å². The lowest BCUT2D eigenvalue weighted by Gasteiger charge is -2.12. The number of carbonyl (C=O) groups excluding carboxylic acids is 1. The van der Waals surface area contributed by atoms with E-state index in [1.165, 1.54) is 11.1 Å². The average Bonchev–Trinajstić information content (AvgIpc) is 2.79. The van der Waals surface area contributed by atoms with E-state index in [1.54, 1.807) is 12.1 Å². The van der Waals surface area contributed by atoms with E-state index >= 15 is 0 Å². The monoisotopic (exact) mass is 267 g/mol. The van der Waals surface area contributed by atoms with E-state index in [-0.39, 0.29) is 11.9 Å². The van der Waals surface area contributed by atoms with Crippen molar-refractivity contribution in [2.24, 2.45) is 0 Å². The maximum absolute atomic E-state index is 12.3. The lowest BCUT2D eigenvalue weighted by molar-refractivity contribution is 0.0938. The van der Waals surface area contributed by atoms with Crippen LogP contribution in [0.1, 0.15) is 27.2 Å². The summed E-state index contributed by atoms with van der Waals surface area (Å²) in [4.78, 5) is 16.3. The number of fused-ring (bicyclic) bond motifs is 1. The summed E-state index contributed by atoms with van der Waals surface area (Å²) in [5.41, 5.74) is 9.66. The molecule has 1 aromatic carbocycles. The van der Waals surface area contributed by atoms with E-state index in [4.69, 9.17) is 5.73 Å². The first kappa shape index (κ1) is 12.7. The van der Waals surface area contributed by atoms with E-state index in [1.807, 2.05) is 19.1 Å². The predicted molar refractivity (Wildman–Crippen MR) is 78.5 cm³/mol. The third kappa shape index (κ3) is 2.50. The van der Waals surface area contributed by atoms with E-state index in [2.05, 4.69) is 22.4 Å². The van der Waals surface area contributed by atoms with Crippen LogP contribution in [-0.4, -0.2) is 16.9 Å². The highest BCUT2D eigenvalue weighted by Crippen LogP contribution is 2.22. The van der Waals surface area contributed by atoms with Gasteiger partial charge < -0.3 is 11.1 Å². The van der Waals surface area contributed by atoms with Gasteiger partial charge in [-0.1, -0.05) is 24.3 Å². The molecule has 1 aromatic heterocycles. The number of nitrogens with two attached hydrogens (primary N) is 1. The summed E-state index contributed by atoms with van der Waals surface area (Å²) < 4.78 is 0. The molecule has 0 radical (unpaired) electrons. The van der Waals surface area contributed by atoms with Gasteiger partial charge >= 0.3 is 0 Å². The Hall–Kier alpha value is -2.36. The third-order valence-electron chi connectivity index (χ3n) is 3.62. The van der Waals surface area contributed by atoms with Crippen LogP contribution < -0.4 is 11.1 Å². The Bertz CT molecular complexity index is 621. The lowest BCUT2D eigenvalue weighted by Crippen LogP contribution is -2.35. The molecule has 0 aliphatic heterocycles. The zero-order chi connectivity index (χ0) is 14.1. The fourth-order valence-electron chi connectivity index (χ4n) is 2.75. The zero-order valence-corrected chi connectivity index (χ0v) is 11.4. The first-order valence-electron chi connectivity index (χ1n) is 6.73. The molecule has 2 aromatic rings. The predicted octanol–water partition coefficient (Wildman–Crippen LogP) is 1.87. The number of hydrogen-bond acceptors (Lipinski definition) is 3. The van der Waals surface area contributed by atoms with Crippen molar-refractivity contribution in [2.45, 2.75) is 25.8 Å². The second kappa shape index (κ2) is 4.96. The number of aromatic nitrogens is 1. The van der Waals surface area contributed by atoms with Crippen molar-refractivity contribution in [3.05, 3.63) is 58.8 Å². The Morgan fingerprint density at radius 3 is 2.50 bits per heavy atom. The Morgan fingerprint density at radius 1 is 1.25 bits per heavy atom. The molecule has 0 fully saturated rings. The first-order chi connectivity index (χ1) is 9.61. The molecule has 1 aliphatic rings. The van der Waals surface area contributed by atoms with Crippen molar-refractivity contribution in [3.8, 4) is 0 Å². The fraction of sp³-hybridized carbons (Fsp3) is 0.250. The summed E-state index contributed by atoms with van der Waals surface area (Å²) in [5, 5.41) is 3.07. The number of benzene rings is 1. The molecule has 1 amide bonds. The maximum atomic E-state index is 12.3. The van der Waals surface area contributed by atoms with Crippen LogP contribution in [0.4, 0.5) is 5.82 Å². The number of nitrogens with zero attached hydrogens (tertiary/aromatic N) is 1. The van der Waals surface area contributed by atoms with Gasteiger partial charge in [-0.15, -0.1) is 0 Å². The third-order valence-corrected chi connectivity index (χ3v) is 3.62. The summed E-state index contributed by atoms with van der Waals surface area (Å²) >= 11 is 0. The molecule has 4 nitrogen and oxygen atoms in total. The summed E-state index contributed by atoms with van der Waals surface area (Å²) in [7, 11) is 0. The molecule has 0 saturated carbocycles. The van der Waals surface area contributed by atoms with Crippen molar-refractivity contribution < 1.29 is 4.79 Å². The number of amides is 1. The van der Waals surface area contributed by atoms with Crippen molar-refractivity contribution in [2.75, 3.05) is 5.73 Å². The normalized spacial score (nSPS) is 14.1. The quantitative estimate of drug-likeness (QED) is 0.872. The van der Waals surface area contributed by atoms with Gasteiger partial charge in [0.1, 0.15) is 5.82 Å². The van der Waals surface area contributed by atoms with Gasteiger partial charge in [0.25, 0.3) is 5.91 Å². The number of anilines is 1. The van der Waals surface area contributed by atoms with Crippen molar-refractivity contribution >= 4 is 11.7 Å². The Morgan fingerprint density at radius 2 is 1.90 bits per heavy atom. The van der Waals surface area contributed by atoms with Crippen LogP contribution in [0, 0.1) is 6.92 Å². The SMILES string of the molecule is Cc1cc(C(=O)NC2Cc3ccccc3C2)cc(N)n1. The van der Waals surface area contributed by atoms with Crippen LogP contribution in [0.25, 0.3) is 0 Å². The van der Waals surface area contributed by atoms with Crippen LogP contribution >= 0.6 is 0 Å². The number of nitrogen functional groups attached to an aromatic ring is 1. The molecule has 1 heterocycles. The average molecular weight is 267 g/mol. The van der Waals surface area contributed by atoms with Crippen molar-refractivity contribution in [3.63, 3.8) is 0 Å². The molecule has 102 valence electrons. The van der Waals surface area contributed by atoms with Gasteiger partial charge in [0, 0.05) is 17.3 Å². The van der Waals surface area contributed by atoms with Gasteiger partial charge in [-0.3, -0.25) is 4.79 Å². The van der Waals surface area contributed by atoms with E-state index in [0.717, 1.165) is 18.5 Å². The van der Waals surface area contributed by atoms with Gasteiger partial charge in [0.2, 0.25) is 0 Å². The number of hydrogen-bond donors (Lipinski definition) is 2. The molecule has 0 spiro atoms. The van der Waals surface area contributed by atoms with Crippen LogP contribution in [0.15, 0.2) is 36.4 Å². The van der Waals surface area contributed by atoms with Gasteiger partial charge in [-0.25, -0.2) is 4.98 Å². The van der Waals surface area contributed by atoms with E-state index in [9.17, 15) is 4.79 Å². The van der Waals surface area contributed by atoms with Gasteiger partial charge in [-0.2, -0.15) is 0 Å². The summed E-state index contributed by atoms with van der Waals surface area (Å²) in [6.45, 7) is 1.83. The summed E-state index contributed by atoms with van der Waals surface area (Å²) in [6, 6.07) is 11.9. The Labute approximate surface area is 118 Å². The fourth-order valence-corrected chi connectivity index (χ4v) is 2.75. The molecular weight excluding hydrogens is 250 g/mol. The van der Waals surface area contributed by atoms with Crippen molar-refractivity contribution in [1.29, 1.82) is 0 Å². The van der Waals surface area contributed by atoms with Crippen LogP contribution in [-0.2, 0) is 12.8 Å². The number of aryl methyl sites for hydroxylation is 1. The number of pyridine rings is 1. The van der Waals surface area contributed by atoms with Gasteiger partial charge in [-0.05, 0) is 43.0 Å². The highest BCUT2D eigenvalue weighted by Gasteiger charge is 2.22. The van der Waals surface area contributed by atoms with Crippen LogP contribution in [0.5, 0.6) is 0 Å². The minimum absolute atomic E-state index is 0.0833. The highest BCUT2D eigenvalue weighted by molar-refractivity contribution is 5.95. The minimum Gasteiger partial charge on any atom is -0.384 e. The van der Waals surface area contributed by atoms with Gasteiger partial charge in [0.15, 0.2) is 0 Å². The summed E-state index contributed by atoms with van der Waals surface area (Å²) in [5.74, 6) is 0.296. The zero-order valence-electron chi connectivity index (χ0n) is 11.4. The number of rotatable bonds is 2. The number of nitrogens with one attached hydrogen (secondary N) is 1. The molecule has 4 heteroatoms. The molecule has 0 unspecified atom stereocenters. The standard InChI is InChI=1S/C16H17N3O/c1-10-6-13(9-15(17)18-10)16(20)19-14-7-11-4-2-3-5-12(11)8-14/h2-6,9,14H,7-8H2,1H3,(H2,17,18)(H,19,20). The number of carbonyl (C=O) groups is 1. The molecule has 3 rings (SSSR count). The largest absolute Gasteiger partial charge is 0.384 e. The Balaban J connectivity index is 1.72. The van der Waals surface area contributed by atoms with E-state index in [0.29, 0.717) is 11.4 Å². The smallest absolute Gasteiger partial charge is 0.251 e. The van der Waals surface area contributed by atoms with E-state index < -0.39 is 0 Å². The highest BCUT2D eigenvalue weighted by atomic mass is 16.1. The van der Waals surface area contributed by atoms with Crippen LogP contribution in [0.2, 0.25) is 0 Å². The second-order valence-electron chi connectivity index (χ2n) is 5.27. The lowest BCUT2D eigenvalue weighted by atomic mass is 10.1. The molecule has 0 saturated heterocycles. The Kier molecular flexibility index (Phi) is 3.14. The molecule has 3 N–H and O–H groups in total. The first-order valence-corrected chi connectivity index (χ1v) is 6.73. The molecule has 20 heavy (non-hydrogen) atoms.